The van der Waals surface area contributed by atoms with Gasteiger partial charge in [0.05, 0.1) is 11.3 Å². The minimum Gasteiger partial charge on any atom is -0.240 e. The molecule has 2 nitrogen and oxygen atoms in total. The van der Waals surface area contributed by atoms with Gasteiger partial charge in [0.25, 0.3) is 0 Å². The molecule has 0 aliphatic carbocycles. The topological polar surface area (TPSA) is 17.8 Å². The fourth-order valence-electron chi connectivity index (χ4n) is 1.70. The molecule has 0 saturated carbocycles. The zero-order valence-electron chi connectivity index (χ0n) is 10.1. The predicted octanol–water partition coefficient (Wildman–Crippen LogP) is 4.80. The van der Waals surface area contributed by atoms with Gasteiger partial charge in [0.15, 0.2) is 5.69 Å². The lowest BCUT2D eigenvalue weighted by Crippen LogP contribution is -2.13. The number of benzene rings is 1. The second-order valence-electron chi connectivity index (χ2n) is 4.13. The molecule has 0 aliphatic heterocycles. The summed E-state index contributed by atoms with van der Waals surface area (Å²) >= 11 is 3.03. The molecule has 9 heteroatoms. The SMILES string of the molecule is FC(F)(F)c1ccn(-c2ccc(CBr)cc2C(F)(F)F)n1. The molecular formula is C12H7BrF6N2. The van der Waals surface area contributed by atoms with Crippen LogP contribution in [0.4, 0.5) is 26.3 Å². The smallest absolute Gasteiger partial charge is 0.240 e. The van der Waals surface area contributed by atoms with Gasteiger partial charge in [-0.3, -0.25) is 0 Å². The highest BCUT2D eigenvalue weighted by atomic mass is 79.9. The van der Waals surface area contributed by atoms with Crippen molar-refractivity contribution in [1.29, 1.82) is 0 Å². The molecule has 1 aromatic heterocycles. The van der Waals surface area contributed by atoms with Crippen molar-refractivity contribution < 1.29 is 26.3 Å². The fourth-order valence-corrected chi connectivity index (χ4v) is 2.05. The summed E-state index contributed by atoms with van der Waals surface area (Å²) in [6, 6.07) is 3.97. The third-order valence-electron chi connectivity index (χ3n) is 2.65. The summed E-state index contributed by atoms with van der Waals surface area (Å²) in [4.78, 5) is 0. The first-order valence-electron chi connectivity index (χ1n) is 5.52. The molecule has 0 saturated heterocycles. The molecule has 1 heterocycles. The Morgan fingerprint density at radius 2 is 1.67 bits per heavy atom. The summed E-state index contributed by atoms with van der Waals surface area (Å²) in [6.07, 6.45) is -8.56. The summed E-state index contributed by atoms with van der Waals surface area (Å²) in [7, 11) is 0. The lowest BCUT2D eigenvalue weighted by molar-refractivity contribution is -0.141. The van der Waals surface area contributed by atoms with Crippen LogP contribution in [0.1, 0.15) is 16.8 Å². The Kier molecular flexibility index (Phi) is 4.05. The Morgan fingerprint density at radius 3 is 2.14 bits per heavy atom. The quantitative estimate of drug-likeness (QED) is 0.546. The van der Waals surface area contributed by atoms with Crippen molar-refractivity contribution in [2.75, 3.05) is 0 Å². The Hall–Kier alpha value is -1.51. The van der Waals surface area contributed by atoms with Crippen LogP contribution in [0.5, 0.6) is 0 Å². The summed E-state index contributed by atoms with van der Waals surface area (Å²) in [6.45, 7) is 0. The van der Waals surface area contributed by atoms with Gasteiger partial charge in [-0.15, -0.1) is 0 Å². The number of alkyl halides is 7. The van der Waals surface area contributed by atoms with E-state index in [1.165, 1.54) is 6.07 Å². The van der Waals surface area contributed by atoms with Gasteiger partial charge in [0.2, 0.25) is 0 Å². The van der Waals surface area contributed by atoms with E-state index in [1.54, 1.807) is 0 Å². The number of nitrogens with zero attached hydrogens (tertiary/aromatic N) is 2. The number of hydrogen-bond acceptors (Lipinski definition) is 1. The second kappa shape index (κ2) is 5.36. The van der Waals surface area contributed by atoms with Crippen LogP contribution in [0.25, 0.3) is 5.69 Å². The maximum Gasteiger partial charge on any atom is 0.435 e. The molecule has 0 unspecified atom stereocenters. The zero-order chi connectivity index (χ0) is 15.8. The van der Waals surface area contributed by atoms with Crippen molar-refractivity contribution in [3.63, 3.8) is 0 Å². The third kappa shape index (κ3) is 3.39. The van der Waals surface area contributed by atoms with E-state index < -0.39 is 29.3 Å². The van der Waals surface area contributed by atoms with Crippen LogP contribution in [0.3, 0.4) is 0 Å². The van der Waals surface area contributed by atoms with Crippen molar-refractivity contribution in [3.05, 3.63) is 47.3 Å². The summed E-state index contributed by atoms with van der Waals surface area (Å²) in [5.74, 6) is 0. The monoisotopic (exact) mass is 372 g/mol. The van der Waals surface area contributed by atoms with Gasteiger partial charge in [-0.1, -0.05) is 22.0 Å². The van der Waals surface area contributed by atoms with E-state index in [0.29, 0.717) is 16.3 Å². The van der Waals surface area contributed by atoms with Crippen LogP contribution in [0.15, 0.2) is 30.5 Å². The molecule has 0 bridgehead atoms. The third-order valence-corrected chi connectivity index (χ3v) is 3.29. The minimum atomic E-state index is -4.71. The van der Waals surface area contributed by atoms with Gasteiger partial charge < -0.3 is 0 Å². The molecule has 0 fully saturated rings. The van der Waals surface area contributed by atoms with Gasteiger partial charge in [0, 0.05) is 11.5 Å². The van der Waals surface area contributed by atoms with Crippen molar-refractivity contribution in [3.8, 4) is 5.69 Å². The lowest BCUT2D eigenvalue weighted by atomic mass is 10.1. The fraction of sp³-hybridized carbons (Fsp3) is 0.250. The van der Waals surface area contributed by atoms with Crippen LogP contribution in [-0.2, 0) is 17.7 Å². The number of rotatable bonds is 2. The van der Waals surface area contributed by atoms with Crippen LogP contribution in [0, 0.1) is 0 Å². The molecule has 1 aromatic carbocycles. The average Bonchev–Trinajstić information content (AvgIpc) is 2.86. The normalized spacial score (nSPS) is 12.7. The molecule has 0 radical (unpaired) electrons. The maximum absolute atomic E-state index is 13.0. The highest BCUT2D eigenvalue weighted by Crippen LogP contribution is 2.35. The van der Waals surface area contributed by atoms with E-state index in [-0.39, 0.29) is 5.33 Å². The highest BCUT2D eigenvalue weighted by molar-refractivity contribution is 9.08. The van der Waals surface area contributed by atoms with Gasteiger partial charge >= 0.3 is 12.4 Å². The van der Waals surface area contributed by atoms with E-state index >= 15 is 0 Å². The summed E-state index contributed by atoms with van der Waals surface area (Å²) in [5, 5.41) is 3.36. The van der Waals surface area contributed by atoms with Crippen molar-refractivity contribution in [2.24, 2.45) is 0 Å². The molecular weight excluding hydrogens is 366 g/mol. The van der Waals surface area contributed by atoms with Crippen LogP contribution < -0.4 is 0 Å². The molecule has 2 rings (SSSR count). The summed E-state index contributed by atoms with van der Waals surface area (Å²) < 4.78 is 77.0. The standard InChI is InChI=1S/C12H7BrF6N2/c13-6-7-1-2-9(8(5-7)11(14,15)16)21-4-3-10(20-21)12(17,18)19/h1-5H,6H2. The maximum atomic E-state index is 13.0. The largest absolute Gasteiger partial charge is 0.435 e. The van der Waals surface area contributed by atoms with Crippen LogP contribution in [-0.4, -0.2) is 9.78 Å². The van der Waals surface area contributed by atoms with E-state index in [1.807, 2.05) is 0 Å². The van der Waals surface area contributed by atoms with E-state index in [2.05, 4.69) is 21.0 Å². The van der Waals surface area contributed by atoms with Crippen molar-refractivity contribution in [1.82, 2.24) is 9.78 Å². The Labute approximate surface area is 123 Å². The van der Waals surface area contributed by atoms with Gasteiger partial charge in [-0.2, -0.15) is 31.4 Å². The van der Waals surface area contributed by atoms with Gasteiger partial charge in [-0.25, -0.2) is 4.68 Å². The first-order valence-corrected chi connectivity index (χ1v) is 6.64. The first kappa shape index (κ1) is 15.9. The van der Waals surface area contributed by atoms with Crippen molar-refractivity contribution >= 4 is 15.9 Å². The molecule has 2 aromatic rings. The number of hydrogen-bond donors (Lipinski definition) is 0. The molecule has 0 atom stereocenters. The molecule has 0 N–H and O–H groups in total. The molecule has 114 valence electrons. The number of aromatic nitrogens is 2. The first-order chi connectivity index (χ1) is 9.63. The van der Waals surface area contributed by atoms with Crippen LogP contribution in [0.2, 0.25) is 0 Å². The zero-order valence-corrected chi connectivity index (χ0v) is 11.7. The average molecular weight is 373 g/mol. The Balaban J connectivity index is 2.56. The molecule has 0 spiro atoms. The Bertz CT molecular complexity index is 644. The van der Waals surface area contributed by atoms with E-state index in [0.717, 1.165) is 18.3 Å². The summed E-state index contributed by atoms with van der Waals surface area (Å²) in [5.41, 5.74) is -2.39. The Morgan fingerprint density at radius 1 is 1.00 bits per heavy atom. The number of halogens is 7. The van der Waals surface area contributed by atoms with E-state index in [9.17, 15) is 26.3 Å². The van der Waals surface area contributed by atoms with Crippen LogP contribution >= 0.6 is 15.9 Å². The van der Waals surface area contributed by atoms with Crippen molar-refractivity contribution in [2.45, 2.75) is 17.7 Å². The minimum absolute atomic E-state index is 0.198. The predicted molar refractivity (Wildman–Crippen MR) is 66.2 cm³/mol. The lowest BCUT2D eigenvalue weighted by Gasteiger charge is -2.14. The molecule has 0 aliphatic rings. The van der Waals surface area contributed by atoms with Gasteiger partial charge in [0.1, 0.15) is 0 Å². The van der Waals surface area contributed by atoms with Gasteiger partial charge in [-0.05, 0) is 23.8 Å². The molecule has 21 heavy (non-hydrogen) atoms. The van der Waals surface area contributed by atoms with E-state index in [4.69, 9.17) is 0 Å². The molecule has 0 amide bonds. The second-order valence-corrected chi connectivity index (χ2v) is 4.69. The highest BCUT2D eigenvalue weighted by Gasteiger charge is 2.36.